The molecule has 0 radical (unpaired) electrons. The van der Waals surface area contributed by atoms with Crippen LogP contribution in [0.2, 0.25) is 0 Å². The smallest absolute Gasteiger partial charge is 0.134 e. The van der Waals surface area contributed by atoms with E-state index < -0.39 is 0 Å². The monoisotopic (exact) mass is 174 g/mol. The Morgan fingerprint density at radius 1 is 0.923 bits per heavy atom. The minimum atomic E-state index is 1.01. The lowest BCUT2D eigenvalue weighted by Gasteiger charge is -2.00. The molecule has 68 valence electrons. The third kappa shape index (κ3) is 1.07. The van der Waals surface area contributed by atoms with Crippen LogP contribution in [0.4, 0.5) is 0 Å². The molecule has 0 amide bonds. The van der Waals surface area contributed by atoms with Crippen LogP contribution in [0.25, 0.3) is 11.0 Å². The van der Waals surface area contributed by atoms with Gasteiger partial charge in [-0.05, 0) is 50.5 Å². The fraction of sp³-hybridized carbons (Fsp3) is 0.333. The molecule has 0 bridgehead atoms. The van der Waals surface area contributed by atoms with Crippen molar-refractivity contribution in [3.63, 3.8) is 0 Å². The van der Waals surface area contributed by atoms with Crippen LogP contribution in [0.1, 0.15) is 22.5 Å². The number of rotatable bonds is 0. The largest absolute Gasteiger partial charge is 0.461 e. The number of hydrogen-bond donors (Lipinski definition) is 0. The Morgan fingerprint density at radius 2 is 1.62 bits per heavy atom. The fourth-order valence-electron chi connectivity index (χ4n) is 1.76. The van der Waals surface area contributed by atoms with Crippen molar-refractivity contribution in [3.8, 4) is 0 Å². The average Bonchev–Trinajstić information content (AvgIpc) is 2.37. The van der Waals surface area contributed by atoms with Crippen molar-refractivity contribution in [2.75, 3.05) is 0 Å². The lowest BCUT2D eigenvalue weighted by atomic mass is 10.0. The molecule has 13 heavy (non-hydrogen) atoms. The molecule has 1 aromatic heterocycles. The maximum atomic E-state index is 5.63. The second-order valence-corrected chi connectivity index (χ2v) is 3.66. The zero-order chi connectivity index (χ0) is 9.59. The summed E-state index contributed by atoms with van der Waals surface area (Å²) in [6, 6.07) is 4.16. The van der Waals surface area contributed by atoms with Gasteiger partial charge >= 0.3 is 0 Å². The third-order valence-corrected chi connectivity index (χ3v) is 2.86. The second kappa shape index (κ2) is 2.63. The molecule has 0 saturated heterocycles. The summed E-state index contributed by atoms with van der Waals surface area (Å²) >= 11 is 0. The Balaban J connectivity index is 2.97. The number of fused-ring (bicyclic) bond motifs is 1. The van der Waals surface area contributed by atoms with Crippen molar-refractivity contribution < 1.29 is 4.42 Å². The van der Waals surface area contributed by atoms with Crippen LogP contribution in [-0.4, -0.2) is 0 Å². The topological polar surface area (TPSA) is 13.1 Å². The van der Waals surface area contributed by atoms with E-state index in [-0.39, 0.29) is 0 Å². The van der Waals surface area contributed by atoms with Gasteiger partial charge in [-0.25, -0.2) is 0 Å². The number of benzene rings is 1. The molecule has 0 unspecified atom stereocenters. The van der Waals surface area contributed by atoms with Gasteiger partial charge in [0, 0.05) is 5.39 Å². The molecule has 2 rings (SSSR count). The lowest BCUT2D eigenvalue weighted by molar-refractivity contribution is 0.575. The maximum Gasteiger partial charge on any atom is 0.134 e. The molecule has 1 heterocycles. The van der Waals surface area contributed by atoms with Gasteiger partial charge in [-0.1, -0.05) is 6.07 Å². The van der Waals surface area contributed by atoms with E-state index in [1.807, 2.05) is 6.92 Å². The third-order valence-electron chi connectivity index (χ3n) is 2.86. The highest BCUT2D eigenvalue weighted by Crippen LogP contribution is 2.28. The van der Waals surface area contributed by atoms with Gasteiger partial charge in [0.05, 0.1) is 0 Å². The molecular formula is C12H14O. The zero-order valence-corrected chi connectivity index (χ0v) is 8.56. The summed E-state index contributed by atoms with van der Waals surface area (Å²) in [5.74, 6) is 1.03. The van der Waals surface area contributed by atoms with Gasteiger partial charge in [-0.15, -0.1) is 0 Å². The van der Waals surface area contributed by atoms with Crippen molar-refractivity contribution in [3.05, 3.63) is 34.6 Å². The van der Waals surface area contributed by atoms with E-state index in [1.54, 1.807) is 0 Å². The van der Waals surface area contributed by atoms with Crippen molar-refractivity contribution >= 4 is 11.0 Å². The second-order valence-electron chi connectivity index (χ2n) is 3.66. The summed E-state index contributed by atoms with van der Waals surface area (Å²) in [6.45, 7) is 8.42. The first-order valence-electron chi connectivity index (χ1n) is 4.57. The molecule has 0 atom stereocenters. The average molecular weight is 174 g/mol. The van der Waals surface area contributed by atoms with E-state index in [4.69, 9.17) is 4.42 Å². The summed E-state index contributed by atoms with van der Waals surface area (Å²) in [4.78, 5) is 0. The fourth-order valence-corrected chi connectivity index (χ4v) is 1.76. The van der Waals surface area contributed by atoms with E-state index >= 15 is 0 Å². The summed E-state index contributed by atoms with van der Waals surface area (Å²) in [7, 11) is 0. The Kier molecular flexibility index (Phi) is 1.69. The van der Waals surface area contributed by atoms with Gasteiger partial charge < -0.3 is 4.42 Å². The van der Waals surface area contributed by atoms with E-state index in [2.05, 4.69) is 32.9 Å². The molecule has 1 nitrogen and oxygen atoms in total. The maximum absolute atomic E-state index is 5.63. The Hall–Kier alpha value is -1.24. The van der Waals surface area contributed by atoms with Crippen molar-refractivity contribution in [1.82, 2.24) is 0 Å². The summed E-state index contributed by atoms with van der Waals surface area (Å²) in [5, 5.41) is 1.29. The molecule has 0 fully saturated rings. The van der Waals surface area contributed by atoms with E-state index in [0.717, 1.165) is 11.3 Å². The molecule has 0 aliphatic carbocycles. The predicted octanol–water partition coefficient (Wildman–Crippen LogP) is 3.67. The Labute approximate surface area is 78.4 Å². The molecular weight excluding hydrogens is 160 g/mol. The first-order valence-corrected chi connectivity index (χ1v) is 4.57. The van der Waals surface area contributed by atoms with Gasteiger partial charge in [-0.2, -0.15) is 0 Å². The van der Waals surface area contributed by atoms with Gasteiger partial charge in [0.1, 0.15) is 11.3 Å². The zero-order valence-electron chi connectivity index (χ0n) is 8.56. The first kappa shape index (κ1) is 8.36. The van der Waals surface area contributed by atoms with Crippen LogP contribution in [0.15, 0.2) is 16.5 Å². The van der Waals surface area contributed by atoms with Crippen molar-refractivity contribution in [2.45, 2.75) is 27.7 Å². The number of hydrogen-bond acceptors (Lipinski definition) is 1. The van der Waals surface area contributed by atoms with Crippen molar-refractivity contribution in [1.29, 1.82) is 0 Å². The Morgan fingerprint density at radius 3 is 2.31 bits per heavy atom. The standard InChI is InChI=1S/C12H14O/c1-7-5-6-11-12(8(7)2)9(3)10(4)13-11/h5-6H,1-4H3. The van der Waals surface area contributed by atoms with Gasteiger partial charge in [0.15, 0.2) is 0 Å². The molecule has 2 aromatic rings. The van der Waals surface area contributed by atoms with Gasteiger partial charge in [0.2, 0.25) is 0 Å². The van der Waals surface area contributed by atoms with Crippen LogP contribution in [0, 0.1) is 27.7 Å². The highest BCUT2D eigenvalue weighted by Gasteiger charge is 2.09. The normalized spacial score (nSPS) is 11.1. The van der Waals surface area contributed by atoms with E-state index in [9.17, 15) is 0 Å². The Bertz CT molecular complexity index is 463. The van der Waals surface area contributed by atoms with Gasteiger partial charge in [-0.3, -0.25) is 0 Å². The van der Waals surface area contributed by atoms with Crippen LogP contribution in [0.3, 0.4) is 0 Å². The number of furan rings is 1. The minimum Gasteiger partial charge on any atom is -0.461 e. The molecule has 0 aliphatic rings. The summed E-state index contributed by atoms with van der Waals surface area (Å²) < 4.78 is 5.63. The van der Waals surface area contributed by atoms with E-state index in [0.29, 0.717) is 0 Å². The highest BCUT2D eigenvalue weighted by molar-refractivity contribution is 5.86. The predicted molar refractivity (Wildman–Crippen MR) is 55.2 cm³/mol. The van der Waals surface area contributed by atoms with Crippen molar-refractivity contribution in [2.24, 2.45) is 0 Å². The van der Waals surface area contributed by atoms with Crippen LogP contribution in [0.5, 0.6) is 0 Å². The summed E-state index contributed by atoms with van der Waals surface area (Å²) in [6.07, 6.45) is 0. The number of aryl methyl sites for hydroxylation is 4. The minimum absolute atomic E-state index is 1.01. The van der Waals surface area contributed by atoms with E-state index in [1.165, 1.54) is 22.1 Å². The first-order chi connectivity index (χ1) is 6.11. The SMILES string of the molecule is Cc1ccc2oc(C)c(C)c2c1C. The molecule has 0 N–H and O–H groups in total. The molecule has 0 spiro atoms. The lowest BCUT2D eigenvalue weighted by Crippen LogP contribution is -1.82. The quantitative estimate of drug-likeness (QED) is 0.594. The summed E-state index contributed by atoms with van der Waals surface area (Å²) in [5.41, 5.74) is 4.96. The molecule has 0 saturated carbocycles. The van der Waals surface area contributed by atoms with Crippen LogP contribution >= 0.6 is 0 Å². The molecule has 1 aromatic carbocycles. The van der Waals surface area contributed by atoms with Gasteiger partial charge in [0.25, 0.3) is 0 Å². The highest BCUT2D eigenvalue weighted by atomic mass is 16.3. The van der Waals surface area contributed by atoms with Crippen LogP contribution in [-0.2, 0) is 0 Å². The molecule has 1 heteroatoms. The molecule has 0 aliphatic heterocycles. The van der Waals surface area contributed by atoms with Crippen LogP contribution < -0.4 is 0 Å².